The molecule has 0 unspecified atom stereocenters. The normalized spacial score (nSPS) is 13.3. The number of nitrogens with zero attached hydrogens (tertiary/aromatic N) is 3. The summed E-state index contributed by atoms with van der Waals surface area (Å²) in [7, 11) is 0. The number of rotatable bonds is 7. The predicted molar refractivity (Wildman–Crippen MR) is 132 cm³/mol. The molecule has 0 spiro atoms. The van der Waals surface area contributed by atoms with Crippen molar-refractivity contribution >= 4 is 17.5 Å². The minimum absolute atomic E-state index is 0.137. The van der Waals surface area contributed by atoms with Crippen LogP contribution in [0.4, 0.5) is 5.69 Å². The average molecular weight is 451 g/mol. The van der Waals surface area contributed by atoms with Crippen LogP contribution in [0.2, 0.25) is 0 Å². The molecule has 6 heteroatoms. The van der Waals surface area contributed by atoms with E-state index in [-0.39, 0.29) is 11.8 Å². The first-order chi connectivity index (χ1) is 16.7. The molecule has 2 amide bonds. The van der Waals surface area contributed by atoms with Crippen molar-refractivity contribution in [1.82, 2.24) is 15.1 Å². The molecule has 1 fully saturated rings. The molecule has 0 bridgehead atoms. The molecule has 0 aliphatic carbocycles. The van der Waals surface area contributed by atoms with E-state index in [4.69, 9.17) is 5.10 Å². The number of hydrogen-bond donors (Lipinski definition) is 1. The Morgan fingerprint density at radius 3 is 2.29 bits per heavy atom. The van der Waals surface area contributed by atoms with Gasteiger partial charge in [0.05, 0.1) is 12.2 Å². The van der Waals surface area contributed by atoms with Crippen LogP contribution in [-0.2, 0) is 17.9 Å². The van der Waals surface area contributed by atoms with Crippen molar-refractivity contribution in [1.29, 1.82) is 0 Å². The minimum atomic E-state index is -0.158. The molecule has 0 saturated carbocycles. The summed E-state index contributed by atoms with van der Waals surface area (Å²) in [4.78, 5) is 26.6. The Labute approximate surface area is 198 Å². The Hall–Kier alpha value is -4.19. The van der Waals surface area contributed by atoms with Gasteiger partial charge in [0.25, 0.3) is 5.91 Å². The molecule has 34 heavy (non-hydrogen) atoms. The second-order valence-electron chi connectivity index (χ2n) is 8.43. The van der Waals surface area contributed by atoms with Gasteiger partial charge in [-0.15, -0.1) is 0 Å². The zero-order valence-corrected chi connectivity index (χ0v) is 18.9. The van der Waals surface area contributed by atoms with E-state index >= 15 is 0 Å². The first kappa shape index (κ1) is 21.6. The summed E-state index contributed by atoms with van der Waals surface area (Å²) in [6, 6.07) is 27.4. The molecule has 0 atom stereocenters. The molecule has 1 N–H and O–H groups in total. The number of carbonyl (C=O) groups excluding carboxylic acids is 2. The van der Waals surface area contributed by atoms with Gasteiger partial charge in [-0.05, 0) is 36.2 Å². The van der Waals surface area contributed by atoms with E-state index in [2.05, 4.69) is 17.4 Å². The monoisotopic (exact) mass is 450 g/mol. The van der Waals surface area contributed by atoms with E-state index in [1.165, 1.54) is 0 Å². The molecule has 2 heterocycles. The van der Waals surface area contributed by atoms with Crippen LogP contribution in [0.1, 0.15) is 34.3 Å². The molecular weight excluding hydrogens is 424 g/mol. The maximum Gasteiger partial charge on any atom is 0.251 e. The third-order valence-corrected chi connectivity index (χ3v) is 6.03. The van der Waals surface area contributed by atoms with Crippen molar-refractivity contribution < 1.29 is 9.59 Å². The molecule has 1 aliphatic heterocycles. The van der Waals surface area contributed by atoms with E-state index in [0.29, 0.717) is 25.1 Å². The number of hydrogen-bond acceptors (Lipinski definition) is 3. The zero-order chi connectivity index (χ0) is 23.3. The fourth-order valence-corrected chi connectivity index (χ4v) is 4.27. The van der Waals surface area contributed by atoms with Crippen molar-refractivity contribution in [2.45, 2.75) is 25.9 Å². The quantitative estimate of drug-likeness (QED) is 0.446. The SMILES string of the molecule is O=C(NCc1cn(Cc2ccccc2)nc1-c1ccccc1)c1ccc(N2CCCC2=O)cc1. The second kappa shape index (κ2) is 9.75. The molecule has 0 radical (unpaired) electrons. The van der Waals surface area contributed by atoms with Gasteiger partial charge < -0.3 is 10.2 Å². The van der Waals surface area contributed by atoms with Gasteiger partial charge in [-0.1, -0.05) is 60.7 Å². The van der Waals surface area contributed by atoms with Crippen LogP contribution in [-0.4, -0.2) is 28.1 Å². The number of nitrogens with one attached hydrogen (secondary N) is 1. The van der Waals surface area contributed by atoms with E-state index in [1.807, 2.05) is 71.5 Å². The summed E-state index contributed by atoms with van der Waals surface area (Å²) < 4.78 is 1.92. The Morgan fingerprint density at radius 1 is 0.912 bits per heavy atom. The number of aromatic nitrogens is 2. The van der Waals surface area contributed by atoms with E-state index in [0.717, 1.165) is 41.0 Å². The third-order valence-electron chi connectivity index (χ3n) is 6.03. The van der Waals surface area contributed by atoms with Gasteiger partial charge in [-0.3, -0.25) is 14.3 Å². The Morgan fingerprint density at radius 2 is 1.62 bits per heavy atom. The van der Waals surface area contributed by atoms with Crippen molar-refractivity contribution in [3.63, 3.8) is 0 Å². The first-order valence-electron chi connectivity index (χ1n) is 11.5. The molecule has 170 valence electrons. The van der Waals surface area contributed by atoms with Crippen LogP contribution in [0.25, 0.3) is 11.3 Å². The van der Waals surface area contributed by atoms with Crippen LogP contribution in [0.3, 0.4) is 0 Å². The molecule has 4 aromatic rings. The van der Waals surface area contributed by atoms with Gasteiger partial charge in [-0.25, -0.2) is 0 Å². The second-order valence-corrected chi connectivity index (χ2v) is 8.43. The Balaban J connectivity index is 1.32. The molecule has 6 nitrogen and oxygen atoms in total. The minimum Gasteiger partial charge on any atom is -0.348 e. The van der Waals surface area contributed by atoms with Gasteiger partial charge in [0, 0.05) is 48.1 Å². The van der Waals surface area contributed by atoms with Crippen molar-refractivity contribution in [3.05, 3.63) is 108 Å². The van der Waals surface area contributed by atoms with E-state index in [1.54, 1.807) is 17.0 Å². The standard InChI is InChI=1S/C28H26N4O2/c33-26-12-7-17-32(26)25-15-13-23(14-16-25)28(34)29-18-24-20-31(19-21-8-3-1-4-9-21)30-27(24)22-10-5-2-6-11-22/h1-6,8-11,13-16,20H,7,12,17-19H2,(H,29,34). The summed E-state index contributed by atoms with van der Waals surface area (Å²) in [6.45, 7) is 1.76. The zero-order valence-electron chi connectivity index (χ0n) is 18.9. The molecule has 1 saturated heterocycles. The summed E-state index contributed by atoms with van der Waals surface area (Å²) in [6.07, 6.45) is 3.46. The highest BCUT2D eigenvalue weighted by Crippen LogP contribution is 2.24. The van der Waals surface area contributed by atoms with Crippen molar-refractivity contribution in [2.24, 2.45) is 0 Å². The van der Waals surface area contributed by atoms with Gasteiger partial charge in [-0.2, -0.15) is 5.10 Å². The van der Waals surface area contributed by atoms with Gasteiger partial charge in [0.15, 0.2) is 0 Å². The summed E-state index contributed by atoms with van der Waals surface area (Å²) in [5.74, 6) is -0.0210. The fraction of sp³-hybridized carbons (Fsp3) is 0.179. The van der Waals surface area contributed by atoms with Crippen LogP contribution >= 0.6 is 0 Å². The predicted octanol–water partition coefficient (Wildman–Crippen LogP) is 4.66. The van der Waals surface area contributed by atoms with Crippen molar-refractivity contribution in [3.8, 4) is 11.3 Å². The van der Waals surface area contributed by atoms with Crippen LogP contribution < -0.4 is 10.2 Å². The lowest BCUT2D eigenvalue weighted by molar-refractivity contribution is -0.117. The maximum atomic E-state index is 12.8. The molecular formula is C28H26N4O2. The molecule has 5 rings (SSSR count). The average Bonchev–Trinajstić information content (AvgIpc) is 3.49. The third kappa shape index (κ3) is 4.76. The Bertz CT molecular complexity index is 1280. The summed E-state index contributed by atoms with van der Waals surface area (Å²) in [5, 5.41) is 7.84. The lowest BCUT2D eigenvalue weighted by atomic mass is 10.1. The highest BCUT2D eigenvalue weighted by molar-refractivity contribution is 5.97. The smallest absolute Gasteiger partial charge is 0.251 e. The highest BCUT2D eigenvalue weighted by atomic mass is 16.2. The fourth-order valence-electron chi connectivity index (χ4n) is 4.27. The van der Waals surface area contributed by atoms with Gasteiger partial charge >= 0.3 is 0 Å². The van der Waals surface area contributed by atoms with Gasteiger partial charge in [0.2, 0.25) is 5.91 Å². The number of anilines is 1. The lowest BCUT2D eigenvalue weighted by Gasteiger charge is -2.15. The summed E-state index contributed by atoms with van der Waals surface area (Å²) in [5.41, 5.74) is 5.39. The van der Waals surface area contributed by atoms with Crippen LogP contribution in [0, 0.1) is 0 Å². The number of benzene rings is 3. The number of carbonyl (C=O) groups is 2. The number of amides is 2. The molecule has 3 aromatic carbocycles. The maximum absolute atomic E-state index is 12.8. The van der Waals surface area contributed by atoms with Crippen LogP contribution in [0.5, 0.6) is 0 Å². The molecule has 1 aromatic heterocycles. The van der Waals surface area contributed by atoms with Crippen molar-refractivity contribution in [2.75, 3.05) is 11.4 Å². The summed E-state index contributed by atoms with van der Waals surface area (Å²) >= 11 is 0. The lowest BCUT2D eigenvalue weighted by Crippen LogP contribution is -2.25. The highest BCUT2D eigenvalue weighted by Gasteiger charge is 2.21. The van der Waals surface area contributed by atoms with E-state index < -0.39 is 0 Å². The largest absolute Gasteiger partial charge is 0.348 e. The Kier molecular flexibility index (Phi) is 6.21. The topological polar surface area (TPSA) is 67.2 Å². The van der Waals surface area contributed by atoms with Gasteiger partial charge in [0.1, 0.15) is 0 Å². The van der Waals surface area contributed by atoms with Crippen LogP contribution in [0.15, 0.2) is 91.1 Å². The van der Waals surface area contributed by atoms with E-state index in [9.17, 15) is 9.59 Å². The molecule has 1 aliphatic rings. The first-order valence-corrected chi connectivity index (χ1v) is 11.5.